The van der Waals surface area contributed by atoms with Gasteiger partial charge in [0.15, 0.2) is 0 Å². The molecule has 0 aliphatic carbocycles. The Balaban J connectivity index is 0.000000279. The molecule has 8 rings (SSSR count). The van der Waals surface area contributed by atoms with Crippen molar-refractivity contribution in [3.05, 3.63) is 161 Å². The van der Waals surface area contributed by atoms with E-state index in [0.29, 0.717) is 28.1 Å². The van der Waals surface area contributed by atoms with E-state index in [2.05, 4.69) is 123 Å². The summed E-state index contributed by atoms with van der Waals surface area (Å²) in [5.41, 5.74) is 15.0. The Labute approximate surface area is 335 Å². The SMILES string of the molecule is Cc1c[c-]c(-c2cc(C)c(C)cn2)cc1.[2H]C([2H])(c1ccnc(-c2[c-]ccc3c2oc2nc(-c4c(C)cc(-c5ccccc5)cc4C)ccc23)c1)C(C)(C)C.[Ir]. The second-order valence-corrected chi connectivity index (χ2v) is 14.8. The fraction of sp³-hybridized carbons (Fsp3) is 0.204. The maximum absolute atomic E-state index is 8.73. The van der Waals surface area contributed by atoms with E-state index in [9.17, 15) is 0 Å². The van der Waals surface area contributed by atoms with Gasteiger partial charge in [0, 0.05) is 46.2 Å². The van der Waals surface area contributed by atoms with Gasteiger partial charge in [-0.3, -0.25) is 0 Å². The van der Waals surface area contributed by atoms with E-state index in [1.165, 1.54) is 27.8 Å². The molecule has 0 spiro atoms. The average Bonchev–Trinajstić information content (AvgIpc) is 3.54. The van der Waals surface area contributed by atoms with Crippen molar-refractivity contribution in [1.82, 2.24) is 15.0 Å². The molecule has 4 aromatic heterocycles. The van der Waals surface area contributed by atoms with Crippen LogP contribution >= 0.6 is 0 Å². The van der Waals surface area contributed by atoms with Gasteiger partial charge in [0.1, 0.15) is 0 Å². The summed E-state index contributed by atoms with van der Waals surface area (Å²) in [7, 11) is 0. The predicted molar refractivity (Wildman–Crippen MR) is 220 cm³/mol. The summed E-state index contributed by atoms with van der Waals surface area (Å²) in [6.07, 6.45) is 2.04. The molecule has 8 aromatic rings. The Morgan fingerprint density at radius 1 is 0.685 bits per heavy atom. The second-order valence-electron chi connectivity index (χ2n) is 14.8. The van der Waals surface area contributed by atoms with Gasteiger partial charge in [-0.25, -0.2) is 4.98 Å². The Morgan fingerprint density at radius 3 is 2.13 bits per heavy atom. The van der Waals surface area contributed by atoms with E-state index in [0.717, 1.165) is 44.4 Å². The summed E-state index contributed by atoms with van der Waals surface area (Å²) >= 11 is 0. The molecule has 0 unspecified atom stereocenters. The van der Waals surface area contributed by atoms with Crippen LogP contribution in [-0.4, -0.2) is 15.0 Å². The number of furan rings is 1. The fourth-order valence-electron chi connectivity index (χ4n) is 6.63. The third kappa shape index (κ3) is 8.44. The van der Waals surface area contributed by atoms with E-state index >= 15 is 0 Å². The van der Waals surface area contributed by atoms with Crippen LogP contribution < -0.4 is 0 Å². The molecule has 4 heterocycles. The molecular weight excluding hydrogens is 839 g/mol. The molecule has 0 aliphatic heterocycles. The first-order valence-electron chi connectivity index (χ1n) is 19.0. The molecule has 273 valence electrons. The zero-order chi connectivity index (χ0) is 39.1. The quantitative estimate of drug-likeness (QED) is 0.162. The molecule has 0 atom stereocenters. The van der Waals surface area contributed by atoms with Gasteiger partial charge < -0.3 is 14.4 Å². The monoisotopic (exact) mass is 886 g/mol. The van der Waals surface area contributed by atoms with Gasteiger partial charge in [-0.15, -0.1) is 53.6 Å². The van der Waals surface area contributed by atoms with Crippen molar-refractivity contribution in [3.63, 3.8) is 0 Å². The summed E-state index contributed by atoms with van der Waals surface area (Å²) in [6, 6.07) is 41.1. The molecular formula is C49H45IrN3O-2. The zero-order valence-corrected chi connectivity index (χ0v) is 34.4. The maximum Gasteiger partial charge on any atom is 0.216 e. The van der Waals surface area contributed by atoms with Crippen LogP contribution in [0.4, 0.5) is 0 Å². The van der Waals surface area contributed by atoms with E-state index < -0.39 is 11.8 Å². The molecule has 0 N–H and O–H groups in total. The van der Waals surface area contributed by atoms with Crippen LogP contribution in [0, 0.1) is 52.2 Å². The Bertz CT molecular complexity index is 2640. The van der Waals surface area contributed by atoms with Gasteiger partial charge >= 0.3 is 0 Å². The van der Waals surface area contributed by atoms with Crippen LogP contribution in [0.2, 0.25) is 0 Å². The Kier molecular flexibility index (Phi) is 10.6. The van der Waals surface area contributed by atoms with Gasteiger partial charge in [-0.05, 0) is 96.9 Å². The van der Waals surface area contributed by atoms with Gasteiger partial charge in [0.05, 0.1) is 11.3 Å². The van der Waals surface area contributed by atoms with Crippen LogP contribution in [-0.2, 0) is 26.5 Å². The first-order chi connectivity index (χ1) is 26.2. The minimum atomic E-state index is -1.53. The van der Waals surface area contributed by atoms with Gasteiger partial charge in [0.25, 0.3) is 0 Å². The minimum Gasteiger partial charge on any atom is -0.486 e. The second kappa shape index (κ2) is 16.0. The standard InChI is InChI=1S/C35H31N2O.C14H14N.Ir/c1-22-18-26(25-10-7-6-8-11-25)19-23(2)32(22)30-15-14-28-27-12-9-13-29(33(27)38-34(28)37-30)31-20-24(16-17-36-31)21-35(3,4)5;1-10-4-6-13(7-5-10)14-8-11(2)12(3)9-15-14;/h6-12,14-20H,21H2,1-5H3;4-6,8-9H,1-3H3;/q2*-1;/i21D2;;. The molecule has 0 bridgehead atoms. The first-order valence-corrected chi connectivity index (χ1v) is 18.0. The van der Waals surface area contributed by atoms with Crippen LogP contribution in [0.25, 0.3) is 67.0 Å². The predicted octanol–water partition coefficient (Wildman–Crippen LogP) is 12.9. The smallest absolute Gasteiger partial charge is 0.216 e. The van der Waals surface area contributed by atoms with Crippen molar-refractivity contribution in [2.24, 2.45) is 5.41 Å². The molecule has 5 heteroatoms. The fourth-order valence-corrected chi connectivity index (χ4v) is 6.63. The third-order valence-electron chi connectivity index (χ3n) is 9.35. The number of fused-ring (bicyclic) bond motifs is 3. The number of rotatable bonds is 5. The number of hydrogen-bond donors (Lipinski definition) is 0. The molecule has 0 saturated heterocycles. The number of benzene rings is 4. The van der Waals surface area contributed by atoms with Crippen molar-refractivity contribution in [2.75, 3.05) is 0 Å². The summed E-state index contributed by atoms with van der Waals surface area (Å²) in [5.74, 6) is 0. The molecule has 0 aliphatic rings. The van der Waals surface area contributed by atoms with Crippen LogP contribution in [0.15, 0.2) is 120 Å². The molecule has 0 amide bonds. The third-order valence-corrected chi connectivity index (χ3v) is 9.35. The van der Waals surface area contributed by atoms with Crippen LogP contribution in [0.5, 0.6) is 0 Å². The number of aromatic nitrogens is 3. The topological polar surface area (TPSA) is 51.8 Å². The van der Waals surface area contributed by atoms with Crippen molar-refractivity contribution < 1.29 is 27.3 Å². The zero-order valence-electron chi connectivity index (χ0n) is 34.1. The van der Waals surface area contributed by atoms with E-state index in [4.69, 9.17) is 12.1 Å². The number of aryl methyl sites for hydroxylation is 5. The van der Waals surface area contributed by atoms with Crippen molar-refractivity contribution in [1.29, 1.82) is 0 Å². The van der Waals surface area contributed by atoms with Crippen molar-refractivity contribution >= 4 is 22.1 Å². The van der Waals surface area contributed by atoms with Crippen LogP contribution in [0.3, 0.4) is 0 Å². The largest absolute Gasteiger partial charge is 0.486 e. The van der Waals surface area contributed by atoms with Gasteiger partial charge in [-0.1, -0.05) is 104 Å². The van der Waals surface area contributed by atoms with Crippen LogP contribution in [0.1, 0.15) is 56.9 Å². The summed E-state index contributed by atoms with van der Waals surface area (Å²) in [4.78, 5) is 13.9. The number of hydrogen-bond acceptors (Lipinski definition) is 4. The number of pyridine rings is 3. The average molecular weight is 886 g/mol. The summed E-state index contributed by atoms with van der Waals surface area (Å²) < 4.78 is 23.8. The normalized spacial score (nSPS) is 12.1. The first kappa shape index (κ1) is 35.8. The summed E-state index contributed by atoms with van der Waals surface area (Å²) in [6.45, 7) is 16.2. The molecule has 54 heavy (non-hydrogen) atoms. The van der Waals surface area contributed by atoms with E-state index in [-0.39, 0.29) is 20.1 Å². The minimum absolute atomic E-state index is 0. The van der Waals surface area contributed by atoms with Crippen molar-refractivity contribution in [3.8, 4) is 44.9 Å². The van der Waals surface area contributed by atoms with Gasteiger partial charge in [-0.2, -0.15) is 0 Å². The van der Waals surface area contributed by atoms with E-state index in [1.54, 1.807) is 12.3 Å². The van der Waals surface area contributed by atoms with E-state index in [1.807, 2.05) is 57.3 Å². The summed E-state index contributed by atoms with van der Waals surface area (Å²) in [5, 5.41) is 1.85. The molecule has 1 radical (unpaired) electrons. The molecule has 4 nitrogen and oxygen atoms in total. The van der Waals surface area contributed by atoms with Gasteiger partial charge in [0.2, 0.25) is 5.71 Å². The number of nitrogens with zero attached hydrogens (tertiary/aromatic N) is 3. The Morgan fingerprint density at radius 2 is 1.44 bits per heavy atom. The molecule has 0 fully saturated rings. The maximum atomic E-state index is 8.73. The Hall–Kier alpha value is -5.22. The molecule has 0 saturated carbocycles. The van der Waals surface area contributed by atoms with Crippen molar-refractivity contribution in [2.45, 2.75) is 61.8 Å². The molecule has 4 aromatic carbocycles.